The van der Waals surface area contributed by atoms with Crippen LogP contribution in [0.5, 0.6) is 0 Å². The summed E-state index contributed by atoms with van der Waals surface area (Å²) in [5, 5.41) is 3.55. The first-order valence-electron chi connectivity index (χ1n) is 6.94. The van der Waals surface area contributed by atoms with Crippen LogP contribution in [0.2, 0.25) is 0 Å². The van der Waals surface area contributed by atoms with Gasteiger partial charge in [0.05, 0.1) is 0 Å². The van der Waals surface area contributed by atoms with Crippen molar-refractivity contribution in [1.82, 2.24) is 10.2 Å². The molecule has 0 aromatic heterocycles. The minimum Gasteiger partial charge on any atom is -0.311 e. The molecule has 1 heterocycles. The summed E-state index contributed by atoms with van der Waals surface area (Å²) in [4.78, 5) is 2.57. The molecular formula is C15H23BrN2. The van der Waals surface area contributed by atoms with Gasteiger partial charge >= 0.3 is 0 Å². The van der Waals surface area contributed by atoms with Crippen LogP contribution in [0.3, 0.4) is 0 Å². The van der Waals surface area contributed by atoms with Gasteiger partial charge in [0.1, 0.15) is 0 Å². The highest BCUT2D eigenvalue weighted by Gasteiger charge is 2.08. The van der Waals surface area contributed by atoms with E-state index in [1.54, 1.807) is 0 Å². The Morgan fingerprint density at radius 1 is 1.22 bits per heavy atom. The van der Waals surface area contributed by atoms with Crippen LogP contribution in [0.1, 0.15) is 30.4 Å². The largest absolute Gasteiger partial charge is 0.311 e. The summed E-state index contributed by atoms with van der Waals surface area (Å²) in [5.41, 5.74) is 2.76. The van der Waals surface area contributed by atoms with Gasteiger partial charge in [-0.2, -0.15) is 0 Å². The number of rotatable bonds is 5. The minimum absolute atomic E-state index is 0.979. The Morgan fingerprint density at radius 3 is 2.72 bits per heavy atom. The van der Waals surface area contributed by atoms with E-state index < -0.39 is 0 Å². The SMILES string of the molecule is Cc1cc(Br)ccc1CNCCN1CCCCC1. The first-order valence-corrected chi connectivity index (χ1v) is 7.73. The maximum atomic E-state index is 3.55. The smallest absolute Gasteiger partial charge is 0.0208 e. The summed E-state index contributed by atoms with van der Waals surface area (Å²) in [5.74, 6) is 0. The molecule has 1 aromatic carbocycles. The molecule has 2 rings (SSSR count). The normalized spacial score (nSPS) is 17.0. The van der Waals surface area contributed by atoms with Crippen molar-refractivity contribution >= 4 is 15.9 Å². The molecule has 0 aliphatic carbocycles. The first kappa shape index (κ1) is 14.0. The summed E-state index contributed by atoms with van der Waals surface area (Å²) < 4.78 is 1.16. The molecule has 100 valence electrons. The lowest BCUT2D eigenvalue weighted by Gasteiger charge is -2.26. The molecule has 0 saturated carbocycles. The summed E-state index contributed by atoms with van der Waals surface area (Å²) in [6, 6.07) is 6.50. The van der Waals surface area contributed by atoms with Gasteiger partial charge < -0.3 is 10.2 Å². The average Bonchev–Trinajstić information content (AvgIpc) is 2.38. The summed E-state index contributed by atoms with van der Waals surface area (Å²) >= 11 is 3.50. The van der Waals surface area contributed by atoms with Gasteiger partial charge in [0.25, 0.3) is 0 Å². The van der Waals surface area contributed by atoms with E-state index >= 15 is 0 Å². The second-order valence-corrected chi connectivity index (χ2v) is 6.07. The standard InChI is InChI=1S/C15H23BrN2/c1-13-11-15(16)6-5-14(13)12-17-7-10-18-8-3-2-4-9-18/h5-6,11,17H,2-4,7-10,12H2,1H3. The van der Waals surface area contributed by atoms with Crippen molar-refractivity contribution in [2.75, 3.05) is 26.2 Å². The van der Waals surface area contributed by atoms with Gasteiger partial charge in [0.2, 0.25) is 0 Å². The molecule has 3 heteroatoms. The highest BCUT2D eigenvalue weighted by atomic mass is 79.9. The van der Waals surface area contributed by atoms with E-state index in [0.717, 1.165) is 17.6 Å². The minimum atomic E-state index is 0.979. The number of nitrogens with one attached hydrogen (secondary N) is 1. The quantitative estimate of drug-likeness (QED) is 0.839. The fourth-order valence-corrected chi connectivity index (χ4v) is 2.98. The van der Waals surface area contributed by atoms with E-state index in [1.807, 2.05) is 0 Å². The van der Waals surface area contributed by atoms with Crippen LogP contribution >= 0.6 is 15.9 Å². The van der Waals surface area contributed by atoms with E-state index in [-0.39, 0.29) is 0 Å². The molecule has 1 aromatic rings. The van der Waals surface area contributed by atoms with Crippen LogP contribution in [-0.4, -0.2) is 31.1 Å². The monoisotopic (exact) mass is 310 g/mol. The molecule has 1 fully saturated rings. The van der Waals surface area contributed by atoms with Gasteiger partial charge in [0.15, 0.2) is 0 Å². The van der Waals surface area contributed by atoms with Crippen molar-refractivity contribution in [3.05, 3.63) is 33.8 Å². The van der Waals surface area contributed by atoms with Gasteiger partial charge in [-0.1, -0.05) is 28.4 Å². The van der Waals surface area contributed by atoms with Gasteiger partial charge in [0, 0.05) is 24.1 Å². The Morgan fingerprint density at radius 2 is 2.00 bits per heavy atom. The Hall–Kier alpha value is -0.380. The predicted molar refractivity (Wildman–Crippen MR) is 80.9 cm³/mol. The second kappa shape index (κ2) is 7.27. The number of halogens is 1. The van der Waals surface area contributed by atoms with Crippen molar-refractivity contribution < 1.29 is 0 Å². The van der Waals surface area contributed by atoms with Crippen LogP contribution < -0.4 is 5.32 Å². The molecule has 0 unspecified atom stereocenters. The molecule has 1 aliphatic heterocycles. The number of benzene rings is 1. The van der Waals surface area contributed by atoms with E-state index in [1.165, 1.54) is 50.0 Å². The summed E-state index contributed by atoms with van der Waals surface area (Å²) in [6.07, 6.45) is 4.18. The third-order valence-electron chi connectivity index (χ3n) is 3.67. The van der Waals surface area contributed by atoms with Crippen LogP contribution in [0.4, 0.5) is 0 Å². The Labute approximate surface area is 119 Å². The molecular weight excluding hydrogens is 288 g/mol. The molecule has 1 N–H and O–H groups in total. The third-order valence-corrected chi connectivity index (χ3v) is 4.17. The molecule has 2 nitrogen and oxygen atoms in total. The second-order valence-electron chi connectivity index (χ2n) is 5.15. The van der Waals surface area contributed by atoms with E-state index in [0.29, 0.717) is 0 Å². The zero-order chi connectivity index (χ0) is 12.8. The molecule has 0 bridgehead atoms. The molecule has 0 atom stereocenters. The Balaban J connectivity index is 1.68. The number of hydrogen-bond donors (Lipinski definition) is 1. The van der Waals surface area contributed by atoms with Gasteiger partial charge in [-0.15, -0.1) is 0 Å². The molecule has 0 radical (unpaired) electrons. The predicted octanol–water partition coefficient (Wildman–Crippen LogP) is 3.33. The number of piperidine rings is 1. The number of likely N-dealkylation sites (tertiary alicyclic amines) is 1. The van der Waals surface area contributed by atoms with Gasteiger partial charge in [-0.3, -0.25) is 0 Å². The van der Waals surface area contributed by atoms with Crippen LogP contribution in [-0.2, 0) is 6.54 Å². The lowest BCUT2D eigenvalue weighted by Crippen LogP contribution is -2.35. The van der Waals surface area contributed by atoms with Crippen molar-refractivity contribution in [1.29, 1.82) is 0 Å². The van der Waals surface area contributed by atoms with Crippen molar-refractivity contribution in [2.24, 2.45) is 0 Å². The molecule has 18 heavy (non-hydrogen) atoms. The number of hydrogen-bond acceptors (Lipinski definition) is 2. The van der Waals surface area contributed by atoms with Crippen LogP contribution in [0.15, 0.2) is 22.7 Å². The maximum Gasteiger partial charge on any atom is 0.0208 e. The molecule has 0 spiro atoms. The van der Waals surface area contributed by atoms with Gasteiger partial charge in [-0.25, -0.2) is 0 Å². The molecule has 1 saturated heterocycles. The zero-order valence-corrected chi connectivity index (χ0v) is 12.8. The molecule has 0 amide bonds. The molecule has 1 aliphatic rings. The van der Waals surface area contributed by atoms with Crippen molar-refractivity contribution in [2.45, 2.75) is 32.7 Å². The lowest BCUT2D eigenvalue weighted by molar-refractivity contribution is 0.229. The van der Waals surface area contributed by atoms with E-state index in [2.05, 4.69) is 51.3 Å². The Kier molecular flexibility index (Phi) is 5.67. The zero-order valence-electron chi connectivity index (χ0n) is 11.2. The van der Waals surface area contributed by atoms with Crippen LogP contribution in [0.25, 0.3) is 0 Å². The maximum absolute atomic E-state index is 3.55. The summed E-state index contributed by atoms with van der Waals surface area (Å²) in [7, 11) is 0. The van der Waals surface area contributed by atoms with E-state index in [9.17, 15) is 0 Å². The average molecular weight is 311 g/mol. The highest BCUT2D eigenvalue weighted by Crippen LogP contribution is 2.15. The van der Waals surface area contributed by atoms with E-state index in [4.69, 9.17) is 0 Å². The lowest BCUT2D eigenvalue weighted by atomic mass is 10.1. The summed E-state index contributed by atoms with van der Waals surface area (Å²) in [6.45, 7) is 8.02. The Bertz CT molecular complexity index is 373. The third kappa shape index (κ3) is 4.38. The van der Waals surface area contributed by atoms with Crippen LogP contribution in [0, 0.1) is 6.92 Å². The van der Waals surface area contributed by atoms with Crippen molar-refractivity contribution in [3.63, 3.8) is 0 Å². The highest BCUT2D eigenvalue weighted by molar-refractivity contribution is 9.10. The van der Waals surface area contributed by atoms with Gasteiger partial charge in [-0.05, 0) is 56.1 Å². The first-order chi connectivity index (χ1) is 8.75. The fraction of sp³-hybridized carbons (Fsp3) is 0.600. The number of aryl methyl sites for hydroxylation is 1. The topological polar surface area (TPSA) is 15.3 Å². The fourth-order valence-electron chi connectivity index (χ4n) is 2.50. The van der Waals surface area contributed by atoms with Crippen molar-refractivity contribution in [3.8, 4) is 0 Å². The number of nitrogens with zero attached hydrogens (tertiary/aromatic N) is 1.